The third-order valence-corrected chi connectivity index (χ3v) is 3.93. The van der Waals surface area contributed by atoms with E-state index in [2.05, 4.69) is 12.2 Å². The monoisotopic (exact) mass is 289 g/mol. The summed E-state index contributed by atoms with van der Waals surface area (Å²) in [5.74, 6) is -0.320. The van der Waals surface area contributed by atoms with Crippen LogP contribution in [-0.2, 0) is 11.2 Å². The lowest BCUT2D eigenvalue weighted by atomic mass is 10.0. The first-order valence-corrected chi connectivity index (χ1v) is 7.49. The summed E-state index contributed by atoms with van der Waals surface area (Å²) in [4.78, 5) is 25.1. The fourth-order valence-corrected chi connectivity index (χ4v) is 2.62. The van der Waals surface area contributed by atoms with Crippen molar-refractivity contribution in [3.8, 4) is 0 Å². The number of aryl methyl sites for hydroxylation is 1. The highest BCUT2D eigenvalue weighted by atomic mass is 16.2. The van der Waals surface area contributed by atoms with Crippen LogP contribution in [0.15, 0.2) is 24.3 Å². The Morgan fingerprint density at radius 3 is 2.38 bits per heavy atom. The summed E-state index contributed by atoms with van der Waals surface area (Å²) in [7, 11) is 0. The van der Waals surface area contributed by atoms with Crippen molar-refractivity contribution >= 4 is 11.8 Å². The van der Waals surface area contributed by atoms with Crippen molar-refractivity contribution in [2.24, 2.45) is 5.73 Å². The van der Waals surface area contributed by atoms with Crippen LogP contribution in [0.1, 0.15) is 35.7 Å². The molecule has 114 valence electrons. The van der Waals surface area contributed by atoms with Gasteiger partial charge in [-0.3, -0.25) is 14.5 Å². The number of carbonyl (C=O) groups excluding carboxylic acids is 2. The van der Waals surface area contributed by atoms with Gasteiger partial charge in [0.1, 0.15) is 0 Å². The molecule has 1 aromatic carbocycles. The predicted octanol–water partition coefficient (Wildman–Crippen LogP) is 0.928. The molecule has 0 unspecified atom stereocenters. The minimum absolute atomic E-state index is 0.0222. The number of nitrogens with zero attached hydrogens (tertiary/aromatic N) is 1. The Morgan fingerprint density at radius 1 is 1.24 bits per heavy atom. The van der Waals surface area contributed by atoms with Crippen LogP contribution in [-0.4, -0.2) is 42.4 Å². The van der Waals surface area contributed by atoms with Crippen LogP contribution in [0.25, 0.3) is 0 Å². The molecule has 0 spiro atoms. The van der Waals surface area contributed by atoms with Gasteiger partial charge < -0.3 is 11.1 Å². The number of benzene rings is 1. The smallest absolute Gasteiger partial charge is 0.251 e. The lowest BCUT2D eigenvalue weighted by molar-refractivity contribution is -0.119. The third kappa shape index (κ3) is 4.56. The Balaban J connectivity index is 1.82. The SMILES string of the molecule is CCc1ccc(C(=O)NC2CCN(CC(N)=O)CC2)cc1. The van der Waals surface area contributed by atoms with Crippen molar-refractivity contribution in [2.75, 3.05) is 19.6 Å². The molecule has 2 rings (SSSR count). The van der Waals surface area contributed by atoms with Gasteiger partial charge in [0, 0.05) is 24.7 Å². The van der Waals surface area contributed by atoms with Gasteiger partial charge in [0.15, 0.2) is 0 Å². The van der Waals surface area contributed by atoms with Gasteiger partial charge in [0.05, 0.1) is 6.54 Å². The molecule has 3 N–H and O–H groups in total. The van der Waals surface area contributed by atoms with Gasteiger partial charge in [-0.05, 0) is 37.0 Å². The Hall–Kier alpha value is -1.88. The fraction of sp³-hybridized carbons (Fsp3) is 0.500. The van der Waals surface area contributed by atoms with E-state index in [9.17, 15) is 9.59 Å². The Labute approximate surface area is 125 Å². The second-order valence-electron chi connectivity index (χ2n) is 5.54. The fourth-order valence-electron chi connectivity index (χ4n) is 2.62. The van der Waals surface area contributed by atoms with E-state index in [-0.39, 0.29) is 17.9 Å². The molecule has 1 aromatic rings. The summed E-state index contributed by atoms with van der Waals surface area (Å²) < 4.78 is 0. The summed E-state index contributed by atoms with van der Waals surface area (Å²) in [6.45, 7) is 3.99. The largest absolute Gasteiger partial charge is 0.369 e. The van der Waals surface area contributed by atoms with Crippen LogP contribution in [0, 0.1) is 0 Å². The van der Waals surface area contributed by atoms with Gasteiger partial charge in [0.2, 0.25) is 5.91 Å². The van der Waals surface area contributed by atoms with Crippen LogP contribution in [0.2, 0.25) is 0 Å². The van der Waals surface area contributed by atoms with Crippen molar-refractivity contribution in [1.82, 2.24) is 10.2 Å². The molecule has 1 fully saturated rings. The van der Waals surface area contributed by atoms with Crippen LogP contribution in [0.3, 0.4) is 0 Å². The molecule has 0 saturated carbocycles. The maximum atomic E-state index is 12.2. The van der Waals surface area contributed by atoms with Crippen molar-refractivity contribution in [2.45, 2.75) is 32.2 Å². The van der Waals surface area contributed by atoms with E-state index in [1.54, 1.807) is 0 Å². The van der Waals surface area contributed by atoms with Crippen LogP contribution >= 0.6 is 0 Å². The van der Waals surface area contributed by atoms with E-state index in [0.717, 1.165) is 32.4 Å². The highest BCUT2D eigenvalue weighted by molar-refractivity contribution is 5.94. The predicted molar refractivity (Wildman–Crippen MR) is 81.9 cm³/mol. The summed E-state index contributed by atoms with van der Waals surface area (Å²) in [6, 6.07) is 7.90. The number of primary amides is 1. The molecule has 1 aliphatic heterocycles. The molecule has 0 aromatic heterocycles. The number of carbonyl (C=O) groups is 2. The summed E-state index contributed by atoms with van der Waals surface area (Å²) in [6.07, 6.45) is 2.68. The lowest BCUT2D eigenvalue weighted by Crippen LogP contribution is -2.46. The molecule has 0 radical (unpaired) electrons. The van der Waals surface area contributed by atoms with Crippen molar-refractivity contribution in [3.63, 3.8) is 0 Å². The molecule has 0 aliphatic carbocycles. The maximum Gasteiger partial charge on any atom is 0.251 e. The zero-order valence-electron chi connectivity index (χ0n) is 12.5. The van der Waals surface area contributed by atoms with Gasteiger partial charge in [-0.25, -0.2) is 0 Å². The average molecular weight is 289 g/mol. The number of hydrogen-bond donors (Lipinski definition) is 2. The average Bonchev–Trinajstić information content (AvgIpc) is 2.49. The molecule has 2 amide bonds. The van der Waals surface area contributed by atoms with E-state index < -0.39 is 0 Å². The van der Waals surface area contributed by atoms with E-state index in [4.69, 9.17) is 5.73 Å². The number of nitrogens with two attached hydrogens (primary N) is 1. The number of likely N-dealkylation sites (tertiary alicyclic amines) is 1. The third-order valence-electron chi connectivity index (χ3n) is 3.93. The molecule has 1 aliphatic rings. The van der Waals surface area contributed by atoms with Crippen molar-refractivity contribution in [3.05, 3.63) is 35.4 Å². The normalized spacial score (nSPS) is 16.6. The molecular formula is C16H23N3O2. The first-order valence-electron chi connectivity index (χ1n) is 7.49. The van der Waals surface area contributed by atoms with Gasteiger partial charge in [-0.2, -0.15) is 0 Å². The molecule has 5 nitrogen and oxygen atoms in total. The van der Waals surface area contributed by atoms with Crippen molar-refractivity contribution < 1.29 is 9.59 Å². The van der Waals surface area contributed by atoms with E-state index in [0.29, 0.717) is 12.1 Å². The van der Waals surface area contributed by atoms with Gasteiger partial charge in [-0.1, -0.05) is 19.1 Å². The summed E-state index contributed by atoms with van der Waals surface area (Å²) in [5, 5.41) is 3.06. The summed E-state index contributed by atoms with van der Waals surface area (Å²) in [5.41, 5.74) is 7.12. The highest BCUT2D eigenvalue weighted by Gasteiger charge is 2.21. The molecular weight excluding hydrogens is 266 g/mol. The molecule has 0 atom stereocenters. The van der Waals surface area contributed by atoms with Crippen LogP contribution < -0.4 is 11.1 Å². The van der Waals surface area contributed by atoms with Gasteiger partial charge in [0.25, 0.3) is 5.91 Å². The quantitative estimate of drug-likeness (QED) is 0.846. The Kier molecular flexibility index (Phi) is 5.33. The van der Waals surface area contributed by atoms with Crippen LogP contribution in [0.5, 0.6) is 0 Å². The van der Waals surface area contributed by atoms with E-state index >= 15 is 0 Å². The second-order valence-corrected chi connectivity index (χ2v) is 5.54. The molecule has 5 heteroatoms. The molecule has 0 bridgehead atoms. The lowest BCUT2D eigenvalue weighted by Gasteiger charge is -2.31. The number of piperidine rings is 1. The van der Waals surface area contributed by atoms with Crippen molar-refractivity contribution in [1.29, 1.82) is 0 Å². The van der Waals surface area contributed by atoms with Gasteiger partial charge in [-0.15, -0.1) is 0 Å². The highest BCUT2D eigenvalue weighted by Crippen LogP contribution is 2.11. The van der Waals surface area contributed by atoms with E-state index in [1.165, 1.54) is 5.56 Å². The maximum absolute atomic E-state index is 12.2. The first kappa shape index (κ1) is 15.5. The molecule has 1 heterocycles. The minimum Gasteiger partial charge on any atom is -0.369 e. The number of rotatable bonds is 5. The first-order chi connectivity index (χ1) is 10.1. The Morgan fingerprint density at radius 2 is 1.86 bits per heavy atom. The minimum atomic E-state index is -0.298. The van der Waals surface area contributed by atoms with E-state index in [1.807, 2.05) is 29.2 Å². The zero-order valence-corrected chi connectivity index (χ0v) is 12.5. The standard InChI is InChI=1S/C16H23N3O2/c1-2-12-3-5-13(6-4-12)16(21)18-14-7-9-19(10-8-14)11-15(17)20/h3-6,14H,2,7-11H2,1H3,(H2,17,20)(H,18,21). The topological polar surface area (TPSA) is 75.4 Å². The molecule has 1 saturated heterocycles. The summed E-state index contributed by atoms with van der Waals surface area (Å²) >= 11 is 0. The zero-order chi connectivity index (χ0) is 15.2. The number of hydrogen-bond acceptors (Lipinski definition) is 3. The Bertz CT molecular complexity index is 491. The van der Waals surface area contributed by atoms with Crippen LogP contribution in [0.4, 0.5) is 0 Å². The number of nitrogens with one attached hydrogen (secondary N) is 1. The van der Waals surface area contributed by atoms with Gasteiger partial charge >= 0.3 is 0 Å². The molecule has 21 heavy (non-hydrogen) atoms. The second kappa shape index (κ2) is 7.22. The number of amides is 2.